The number of benzene rings is 1. The number of hydrogen-bond donors (Lipinski definition) is 0. The zero-order valence-corrected chi connectivity index (χ0v) is 16.3. The fourth-order valence-corrected chi connectivity index (χ4v) is 3.48. The normalized spacial score (nSPS) is 12.3. The molecule has 0 N–H and O–H groups in total. The lowest BCUT2D eigenvalue weighted by molar-refractivity contribution is 1.10. The average molecular weight is 361 g/mol. The van der Waals surface area contributed by atoms with Crippen LogP contribution >= 0.6 is 11.3 Å². The van der Waals surface area contributed by atoms with Gasteiger partial charge in [-0.3, -0.25) is 4.98 Å². The van der Waals surface area contributed by atoms with Crippen LogP contribution in [0.25, 0.3) is 16.0 Å². The molecular weight excluding hydrogens is 336 g/mol. The van der Waals surface area contributed by atoms with Crippen LogP contribution < -0.4 is 4.90 Å². The van der Waals surface area contributed by atoms with Gasteiger partial charge in [0.25, 0.3) is 0 Å². The zero-order chi connectivity index (χ0) is 18.4. The first-order chi connectivity index (χ1) is 12.7. The molecule has 26 heavy (non-hydrogen) atoms. The number of thiophene rings is 1. The Morgan fingerprint density at radius 3 is 2.62 bits per heavy atom. The highest BCUT2D eigenvalue weighted by Crippen LogP contribution is 2.29. The molecule has 2 nitrogen and oxygen atoms in total. The average Bonchev–Trinajstić information content (AvgIpc) is 3.23. The van der Waals surface area contributed by atoms with Crippen LogP contribution in [-0.2, 0) is 0 Å². The maximum Gasteiger partial charge on any atom is 0.0403 e. The van der Waals surface area contributed by atoms with E-state index in [-0.39, 0.29) is 0 Å². The van der Waals surface area contributed by atoms with Gasteiger partial charge in [-0.2, -0.15) is 0 Å². The van der Waals surface area contributed by atoms with E-state index in [1.807, 2.05) is 18.5 Å². The van der Waals surface area contributed by atoms with Crippen LogP contribution in [0.1, 0.15) is 25.8 Å². The Bertz CT molecular complexity index is 893. The molecule has 0 aliphatic rings. The largest absolute Gasteiger partial charge is 0.351 e. The maximum atomic E-state index is 4.49. The molecule has 0 atom stereocenters. The first-order valence-electron chi connectivity index (χ1n) is 8.84. The van der Waals surface area contributed by atoms with E-state index in [2.05, 4.69) is 90.9 Å². The molecule has 0 bridgehead atoms. The molecule has 0 spiro atoms. The Labute approximate surface area is 160 Å². The summed E-state index contributed by atoms with van der Waals surface area (Å²) >= 11 is 1.74. The minimum atomic E-state index is 1.01. The molecule has 3 heteroatoms. The van der Waals surface area contributed by atoms with Crippen molar-refractivity contribution in [2.45, 2.75) is 20.3 Å². The van der Waals surface area contributed by atoms with Gasteiger partial charge in [0.2, 0.25) is 0 Å². The van der Waals surface area contributed by atoms with E-state index >= 15 is 0 Å². The molecule has 0 aliphatic carbocycles. The summed E-state index contributed by atoms with van der Waals surface area (Å²) in [6, 6.07) is 16.8. The van der Waals surface area contributed by atoms with Crippen molar-refractivity contribution >= 4 is 22.6 Å². The van der Waals surface area contributed by atoms with Gasteiger partial charge in [0.05, 0.1) is 0 Å². The van der Waals surface area contributed by atoms with Gasteiger partial charge in [-0.05, 0) is 54.6 Å². The quantitative estimate of drug-likeness (QED) is 0.458. The number of rotatable bonds is 6. The summed E-state index contributed by atoms with van der Waals surface area (Å²) < 4.78 is 0. The molecule has 2 aromatic heterocycles. The lowest BCUT2D eigenvalue weighted by atomic mass is 9.99. The molecular formula is C23H24N2S. The van der Waals surface area contributed by atoms with E-state index < -0.39 is 0 Å². The number of anilines is 1. The van der Waals surface area contributed by atoms with E-state index in [4.69, 9.17) is 0 Å². The van der Waals surface area contributed by atoms with Crippen molar-refractivity contribution in [3.05, 3.63) is 89.7 Å². The fourth-order valence-electron chi connectivity index (χ4n) is 2.78. The molecule has 3 rings (SSSR count). The van der Waals surface area contributed by atoms with E-state index in [1.165, 1.54) is 27.3 Å². The second-order valence-corrected chi connectivity index (χ2v) is 7.20. The van der Waals surface area contributed by atoms with Crippen molar-refractivity contribution in [2.24, 2.45) is 0 Å². The standard InChI is InChI=1S/C23H24N2S/c1-4-18(2)22(12-13-25(3)21-9-6-5-7-10-21)19-15-20(17-24-16-19)23-11-8-14-26-23/h5-17H,4H2,1-3H3/b13-12-,22-18-. The summed E-state index contributed by atoms with van der Waals surface area (Å²) in [6.45, 7) is 4.39. The molecule has 0 radical (unpaired) electrons. The number of allylic oxidation sites excluding steroid dienone is 3. The van der Waals surface area contributed by atoms with Gasteiger partial charge in [-0.25, -0.2) is 0 Å². The molecule has 0 amide bonds. The summed E-state index contributed by atoms with van der Waals surface area (Å²) in [6.07, 6.45) is 9.23. The first kappa shape index (κ1) is 18.2. The lowest BCUT2D eigenvalue weighted by Crippen LogP contribution is -2.07. The summed E-state index contributed by atoms with van der Waals surface area (Å²) in [5.74, 6) is 0. The summed E-state index contributed by atoms with van der Waals surface area (Å²) in [4.78, 5) is 7.88. The Morgan fingerprint density at radius 2 is 1.92 bits per heavy atom. The van der Waals surface area contributed by atoms with Gasteiger partial charge in [-0.1, -0.05) is 36.8 Å². The number of aromatic nitrogens is 1. The molecule has 0 unspecified atom stereocenters. The van der Waals surface area contributed by atoms with Gasteiger partial charge in [0.15, 0.2) is 0 Å². The molecule has 132 valence electrons. The van der Waals surface area contributed by atoms with Gasteiger partial charge >= 0.3 is 0 Å². The van der Waals surface area contributed by atoms with Crippen LogP contribution in [-0.4, -0.2) is 12.0 Å². The summed E-state index contributed by atoms with van der Waals surface area (Å²) in [7, 11) is 2.07. The fraction of sp³-hybridized carbons (Fsp3) is 0.174. The van der Waals surface area contributed by atoms with E-state index in [0.29, 0.717) is 0 Å². The number of para-hydroxylation sites is 1. The smallest absolute Gasteiger partial charge is 0.0403 e. The van der Waals surface area contributed by atoms with Crippen molar-refractivity contribution in [1.29, 1.82) is 0 Å². The Hall–Kier alpha value is -2.65. The highest BCUT2D eigenvalue weighted by atomic mass is 32.1. The first-order valence-corrected chi connectivity index (χ1v) is 9.72. The van der Waals surface area contributed by atoms with Crippen LogP contribution in [0.5, 0.6) is 0 Å². The van der Waals surface area contributed by atoms with Crippen molar-refractivity contribution in [1.82, 2.24) is 4.98 Å². The van der Waals surface area contributed by atoms with Crippen molar-refractivity contribution in [3.63, 3.8) is 0 Å². The van der Waals surface area contributed by atoms with E-state index in [1.54, 1.807) is 11.3 Å². The third kappa shape index (κ3) is 4.30. The van der Waals surface area contributed by atoms with Crippen LogP contribution in [0.3, 0.4) is 0 Å². The Kier molecular flexibility index (Phi) is 6.03. The van der Waals surface area contributed by atoms with Crippen LogP contribution in [0.2, 0.25) is 0 Å². The summed E-state index contributed by atoms with van der Waals surface area (Å²) in [5, 5.41) is 2.10. The maximum absolute atomic E-state index is 4.49. The van der Waals surface area contributed by atoms with E-state index in [9.17, 15) is 0 Å². The molecule has 0 fully saturated rings. The van der Waals surface area contributed by atoms with Gasteiger partial charge in [0, 0.05) is 47.3 Å². The van der Waals surface area contributed by atoms with Crippen molar-refractivity contribution < 1.29 is 0 Å². The molecule has 2 heterocycles. The third-order valence-corrected chi connectivity index (χ3v) is 5.39. The SMILES string of the molecule is CC/C(C)=C(/C=C\N(C)c1ccccc1)c1cncc(-c2cccs2)c1. The van der Waals surface area contributed by atoms with Gasteiger partial charge < -0.3 is 4.90 Å². The van der Waals surface area contributed by atoms with E-state index in [0.717, 1.165) is 12.0 Å². The molecule has 0 saturated heterocycles. The number of nitrogens with zero attached hydrogens (tertiary/aromatic N) is 2. The second-order valence-electron chi connectivity index (χ2n) is 6.25. The van der Waals surface area contributed by atoms with Crippen molar-refractivity contribution in [3.8, 4) is 10.4 Å². The Morgan fingerprint density at radius 1 is 1.12 bits per heavy atom. The molecule has 3 aromatic rings. The van der Waals surface area contributed by atoms with Gasteiger partial charge in [-0.15, -0.1) is 11.3 Å². The third-order valence-electron chi connectivity index (χ3n) is 4.47. The van der Waals surface area contributed by atoms with Crippen LogP contribution in [0, 0.1) is 0 Å². The highest BCUT2D eigenvalue weighted by molar-refractivity contribution is 7.13. The number of pyridine rings is 1. The van der Waals surface area contributed by atoms with Crippen molar-refractivity contribution in [2.75, 3.05) is 11.9 Å². The second kappa shape index (κ2) is 8.63. The molecule has 1 aromatic carbocycles. The van der Waals surface area contributed by atoms with Gasteiger partial charge in [0.1, 0.15) is 0 Å². The zero-order valence-electron chi connectivity index (χ0n) is 15.5. The minimum Gasteiger partial charge on any atom is -0.351 e. The van der Waals surface area contributed by atoms with Crippen LogP contribution in [0.15, 0.2) is 84.2 Å². The minimum absolute atomic E-state index is 1.01. The predicted octanol–water partition coefficient (Wildman–Crippen LogP) is 6.64. The molecule has 0 aliphatic heterocycles. The molecule has 0 saturated carbocycles. The lowest BCUT2D eigenvalue weighted by Gasteiger charge is -2.15. The predicted molar refractivity (Wildman–Crippen MR) is 114 cm³/mol. The monoisotopic (exact) mass is 360 g/mol. The highest BCUT2D eigenvalue weighted by Gasteiger charge is 2.07. The van der Waals surface area contributed by atoms with Crippen LogP contribution in [0.4, 0.5) is 5.69 Å². The topological polar surface area (TPSA) is 16.1 Å². The number of hydrogen-bond acceptors (Lipinski definition) is 3. The summed E-state index contributed by atoms with van der Waals surface area (Å²) in [5.41, 5.74) is 6.09. The Balaban J connectivity index is 1.93.